The molecule has 2 heterocycles. The van der Waals surface area contributed by atoms with Crippen molar-refractivity contribution in [2.45, 2.75) is 26.3 Å². The molecule has 1 aliphatic rings. The van der Waals surface area contributed by atoms with Crippen LogP contribution in [0.2, 0.25) is 0 Å². The number of hydrogen-bond acceptors (Lipinski definition) is 4. The largest absolute Gasteiger partial charge is 0.350 e. The zero-order valence-corrected chi connectivity index (χ0v) is 11.2. The highest BCUT2D eigenvalue weighted by Crippen LogP contribution is 2.19. The van der Waals surface area contributed by atoms with Gasteiger partial charge in [0.1, 0.15) is 5.69 Å². The van der Waals surface area contributed by atoms with Gasteiger partial charge < -0.3 is 10.2 Å². The van der Waals surface area contributed by atoms with Crippen LogP contribution in [0.5, 0.6) is 0 Å². The highest BCUT2D eigenvalue weighted by atomic mass is 16.2. The summed E-state index contributed by atoms with van der Waals surface area (Å²) >= 11 is 0. The fraction of sp³-hybridized carbons (Fsp3) is 0.538. The molecule has 1 saturated heterocycles. The summed E-state index contributed by atoms with van der Waals surface area (Å²) in [6.45, 7) is 5.19. The quantitative estimate of drug-likeness (QED) is 0.855. The minimum Gasteiger partial charge on any atom is -0.350 e. The number of carbonyl (C=O) groups excluding carboxylic acids is 2. The summed E-state index contributed by atoms with van der Waals surface area (Å²) in [6, 6.07) is 0.216. The first-order valence-corrected chi connectivity index (χ1v) is 6.41. The SMILES string of the molecule is CC(C)N1CC(CNC(=O)c2cnccn2)CC1=O. The molecule has 0 aliphatic carbocycles. The van der Waals surface area contributed by atoms with Gasteiger partial charge in [-0.05, 0) is 13.8 Å². The van der Waals surface area contributed by atoms with Gasteiger partial charge in [-0.1, -0.05) is 0 Å². The highest BCUT2D eigenvalue weighted by molar-refractivity contribution is 5.91. The second-order valence-corrected chi connectivity index (χ2v) is 5.01. The molecule has 0 saturated carbocycles. The van der Waals surface area contributed by atoms with E-state index in [0.717, 1.165) is 0 Å². The maximum Gasteiger partial charge on any atom is 0.271 e. The Kier molecular flexibility index (Phi) is 4.09. The molecule has 1 aromatic rings. The second kappa shape index (κ2) is 5.77. The van der Waals surface area contributed by atoms with E-state index in [4.69, 9.17) is 0 Å². The Morgan fingerprint density at radius 3 is 2.89 bits per heavy atom. The third-order valence-electron chi connectivity index (χ3n) is 3.21. The fourth-order valence-corrected chi connectivity index (χ4v) is 2.19. The first kappa shape index (κ1) is 13.5. The smallest absolute Gasteiger partial charge is 0.271 e. The van der Waals surface area contributed by atoms with Crippen molar-refractivity contribution in [3.63, 3.8) is 0 Å². The van der Waals surface area contributed by atoms with Crippen molar-refractivity contribution in [1.29, 1.82) is 0 Å². The molecule has 2 amide bonds. The number of aromatic nitrogens is 2. The maximum atomic E-state index is 11.8. The van der Waals surface area contributed by atoms with E-state index in [-0.39, 0.29) is 23.8 Å². The average Bonchev–Trinajstić information content (AvgIpc) is 2.78. The Bertz CT molecular complexity index is 461. The normalized spacial score (nSPS) is 19.0. The summed E-state index contributed by atoms with van der Waals surface area (Å²) in [7, 11) is 0. The topological polar surface area (TPSA) is 75.2 Å². The van der Waals surface area contributed by atoms with Gasteiger partial charge in [0.15, 0.2) is 0 Å². The van der Waals surface area contributed by atoms with Gasteiger partial charge >= 0.3 is 0 Å². The van der Waals surface area contributed by atoms with Crippen molar-refractivity contribution in [2.75, 3.05) is 13.1 Å². The third kappa shape index (κ3) is 3.27. The van der Waals surface area contributed by atoms with Gasteiger partial charge in [0.05, 0.1) is 6.20 Å². The summed E-state index contributed by atoms with van der Waals surface area (Å²) in [5, 5.41) is 2.80. The van der Waals surface area contributed by atoms with E-state index in [0.29, 0.717) is 25.2 Å². The number of carbonyl (C=O) groups is 2. The van der Waals surface area contributed by atoms with Gasteiger partial charge in [-0.3, -0.25) is 14.6 Å². The van der Waals surface area contributed by atoms with Crippen LogP contribution < -0.4 is 5.32 Å². The molecule has 19 heavy (non-hydrogen) atoms. The Morgan fingerprint density at radius 2 is 2.32 bits per heavy atom. The molecule has 0 bridgehead atoms. The number of likely N-dealkylation sites (tertiary alicyclic amines) is 1. The lowest BCUT2D eigenvalue weighted by Crippen LogP contribution is -2.34. The van der Waals surface area contributed by atoms with Crippen LogP contribution in [-0.4, -0.2) is 45.8 Å². The van der Waals surface area contributed by atoms with Gasteiger partial charge in [-0.15, -0.1) is 0 Å². The number of amides is 2. The molecule has 2 rings (SSSR count). The van der Waals surface area contributed by atoms with Crippen LogP contribution >= 0.6 is 0 Å². The van der Waals surface area contributed by atoms with Gasteiger partial charge in [-0.25, -0.2) is 4.98 Å². The van der Waals surface area contributed by atoms with E-state index in [1.807, 2.05) is 18.7 Å². The average molecular weight is 262 g/mol. The Balaban J connectivity index is 1.84. The van der Waals surface area contributed by atoms with Crippen molar-refractivity contribution in [2.24, 2.45) is 5.92 Å². The van der Waals surface area contributed by atoms with Gasteiger partial charge in [0, 0.05) is 43.9 Å². The molecular formula is C13H18N4O2. The zero-order chi connectivity index (χ0) is 13.8. The number of nitrogens with zero attached hydrogens (tertiary/aromatic N) is 3. The lowest BCUT2D eigenvalue weighted by atomic mass is 10.1. The Morgan fingerprint density at radius 1 is 1.53 bits per heavy atom. The number of hydrogen-bond donors (Lipinski definition) is 1. The minimum absolute atomic E-state index is 0.161. The van der Waals surface area contributed by atoms with Gasteiger partial charge in [0.25, 0.3) is 5.91 Å². The molecular weight excluding hydrogens is 244 g/mol. The molecule has 6 nitrogen and oxygen atoms in total. The molecule has 1 unspecified atom stereocenters. The predicted molar refractivity (Wildman–Crippen MR) is 69.3 cm³/mol. The van der Waals surface area contributed by atoms with Crippen LogP contribution in [0, 0.1) is 5.92 Å². The number of nitrogens with one attached hydrogen (secondary N) is 1. The number of rotatable bonds is 4. The third-order valence-corrected chi connectivity index (χ3v) is 3.21. The van der Waals surface area contributed by atoms with E-state index < -0.39 is 0 Å². The van der Waals surface area contributed by atoms with Gasteiger partial charge in [-0.2, -0.15) is 0 Å². The maximum absolute atomic E-state index is 11.8. The monoisotopic (exact) mass is 262 g/mol. The van der Waals surface area contributed by atoms with Crippen molar-refractivity contribution in [3.8, 4) is 0 Å². The second-order valence-electron chi connectivity index (χ2n) is 5.01. The molecule has 102 valence electrons. The molecule has 0 radical (unpaired) electrons. The molecule has 0 aromatic carbocycles. The summed E-state index contributed by atoms with van der Waals surface area (Å²) in [6.07, 6.45) is 4.93. The van der Waals surface area contributed by atoms with Gasteiger partial charge in [0.2, 0.25) is 5.91 Å². The van der Waals surface area contributed by atoms with E-state index in [9.17, 15) is 9.59 Å². The van der Waals surface area contributed by atoms with Crippen molar-refractivity contribution >= 4 is 11.8 Å². The standard InChI is InChI=1S/C13H18N4O2/c1-9(2)17-8-10(5-12(17)18)6-16-13(19)11-7-14-3-4-15-11/h3-4,7,9-10H,5-6,8H2,1-2H3,(H,16,19). The first-order valence-electron chi connectivity index (χ1n) is 6.41. The van der Waals surface area contributed by atoms with Crippen molar-refractivity contribution in [3.05, 3.63) is 24.3 Å². The molecule has 0 spiro atoms. The van der Waals surface area contributed by atoms with Crippen LogP contribution in [-0.2, 0) is 4.79 Å². The molecule has 1 N–H and O–H groups in total. The van der Waals surface area contributed by atoms with E-state index in [1.165, 1.54) is 18.6 Å². The van der Waals surface area contributed by atoms with Crippen LogP contribution in [0.1, 0.15) is 30.8 Å². The lowest BCUT2D eigenvalue weighted by molar-refractivity contribution is -0.129. The van der Waals surface area contributed by atoms with Crippen LogP contribution in [0.25, 0.3) is 0 Å². The predicted octanol–water partition coefficient (Wildman–Crippen LogP) is 0.463. The Labute approximate surface area is 112 Å². The highest BCUT2D eigenvalue weighted by Gasteiger charge is 2.31. The molecule has 1 atom stereocenters. The minimum atomic E-state index is -0.247. The molecule has 1 aliphatic heterocycles. The van der Waals surface area contributed by atoms with Crippen molar-refractivity contribution < 1.29 is 9.59 Å². The molecule has 6 heteroatoms. The van der Waals surface area contributed by atoms with Crippen molar-refractivity contribution in [1.82, 2.24) is 20.2 Å². The van der Waals surface area contributed by atoms with E-state index in [2.05, 4.69) is 15.3 Å². The summed E-state index contributed by atoms with van der Waals surface area (Å²) < 4.78 is 0. The van der Waals surface area contributed by atoms with Crippen LogP contribution in [0.15, 0.2) is 18.6 Å². The fourth-order valence-electron chi connectivity index (χ4n) is 2.19. The van der Waals surface area contributed by atoms with E-state index in [1.54, 1.807) is 0 Å². The molecule has 1 fully saturated rings. The summed E-state index contributed by atoms with van der Waals surface area (Å²) in [5.41, 5.74) is 0.299. The van der Waals surface area contributed by atoms with Crippen LogP contribution in [0.3, 0.4) is 0 Å². The molecule has 1 aromatic heterocycles. The summed E-state index contributed by atoms with van der Waals surface area (Å²) in [4.78, 5) is 33.1. The Hall–Kier alpha value is -1.98. The van der Waals surface area contributed by atoms with E-state index >= 15 is 0 Å². The lowest BCUT2D eigenvalue weighted by Gasteiger charge is -2.21. The summed E-state index contributed by atoms with van der Waals surface area (Å²) in [5.74, 6) is 0.0906. The zero-order valence-electron chi connectivity index (χ0n) is 11.2. The first-order chi connectivity index (χ1) is 9.08. The van der Waals surface area contributed by atoms with Crippen LogP contribution in [0.4, 0.5) is 0 Å².